The minimum absolute atomic E-state index is 0.153. The van der Waals surface area contributed by atoms with Crippen molar-refractivity contribution in [2.24, 2.45) is 11.8 Å². The highest BCUT2D eigenvalue weighted by atomic mass is 127. The Morgan fingerprint density at radius 2 is 1.95 bits per heavy atom. The lowest BCUT2D eigenvalue weighted by Crippen LogP contribution is -2.33. The maximum Gasteiger partial charge on any atom is 0.227 e. The Hall–Kier alpha value is -0.690. The molecule has 5 heteroatoms. The van der Waals surface area contributed by atoms with Crippen molar-refractivity contribution in [1.82, 2.24) is 8.51 Å². The molecular formula is C14H20IN3O. The Morgan fingerprint density at radius 1 is 1.32 bits per heavy atom. The highest BCUT2D eigenvalue weighted by molar-refractivity contribution is 14.1. The van der Waals surface area contributed by atoms with E-state index in [4.69, 9.17) is 0 Å². The third-order valence-electron chi connectivity index (χ3n) is 3.97. The number of rotatable bonds is 4. The highest BCUT2D eigenvalue weighted by Gasteiger charge is 2.28. The van der Waals surface area contributed by atoms with Gasteiger partial charge in [0.15, 0.2) is 0 Å². The molecule has 1 fully saturated rings. The summed E-state index contributed by atoms with van der Waals surface area (Å²) in [4.78, 5) is 16.1. The van der Waals surface area contributed by atoms with Gasteiger partial charge in [-0.15, -0.1) is 0 Å². The van der Waals surface area contributed by atoms with Crippen LogP contribution in [0.5, 0.6) is 0 Å². The predicted molar refractivity (Wildman–Crippen MR) is 84.9 cm³/mol. The molecule has 1 aromatic rings. The van der Waals surface area contributed by atoms with Crippen LogP contribution in [0, 0.1) is 11.8 Å². The number of hydrogen-bond donors (Lipinski definition) is 2. The molecule has 1 amide bonds. The Bertz CT molecular complexity index is 404. The summed E-state index contributed by atoms with van der Waals surface area (Å²) in [6, 6.07) is 4.18. The zero-order chi connectivity index (χ0) is 13.7. The van der Waals surface area contributed by atoms with Crippen molar-refractivity contribution < 1.29 is 4.79 Å². The highest BCUT2D eigenvalue weighted by Crippen LogP contribution is 2.31. The summed E-state index contributed by atoms with van der Waals surface area (Å²) in [5, 5.41) is 2.97. The molecule has 0 spiro atoms. The lowest BCUT2D eigenvalue weighted by Gasteiger charge is -2.31. The Balaban J connectivity index is 1.83. The normalized spacial score (nSPS) is 24.7. The summed E-state index contributed by atoms with van der Waals surface area (Å²) in [6.45, 7) is 2.22. The van der Waals surface area contributed by atoms with Gasteiger partial charge >= 0.3 is 0 Å². The van der Waals surface area contributed by atoms with Crippen molar-refractivity contribution in [2.45, 2.75) is 38.6 Å². The first kappa shape index (κ1) is 14.7. The molecule has 19 heavy (non-hydrogen) atoms. The Labute approximate surface area is 128 Å². The minimum Gasteiger partial charge on any atom is -0.326 e. The van der Waals surface area contributed by atoms with Crippen LogP contribution in [0.4, 0.5) is 5.69 Å². The monoisotopic (exact) mass is 373 g/mol. The third kappa shape index (κ3) is 4.14. The number of halogens is 1. The van der Waals surface area contributed by atoms with E-state index < -0.39 is 0 Å². The Kier molecular flexibility index (Phi) is 5.57. The molecule has 1 aliphatic carbocycles. The molecule has 104 valence electrons. The maximum atomic E-state index is 12.2. The van der Waals surface area contributed by atoms with Crippen LogP contribution < -0.4 is 8.85 Å². The molecule has 0 radical (unpaired) electrons. The molecule has 0 saturated heterocycles. The topological polar surface area (TPSA) is 54.0 Å². The van der Waals surface area contributed by atoms with Crippen LogP contribution in [0.2, 0.25) is 0 Å². The number of carbonyl (C=O) groups is 1. The van der Waals surface area contributed by atoms with Crippen LogP contribution in [0.3, 0.4) is 0 Å². The molecule has 0 aromatic carbocycles. The van der Waals surface area contributed by atoms with E-state index in [9.17, 15) is 4.79 Å². The Morgan fingerprint density at radius 3 is 2.53 bits per heavy atom. The standard InChI is InChI=1S/C14H20IN3O/c1-10(18-15)11-2-4-12(5-3-11)14(19)17-13-6-8-16-9-7-13/h6-12,18H,2-5H2,1H3,(H,16,17,19)/t10-,11?,12?/m1/s1. The lowest BCUT2D eigenvalue weighted by molar-refractivity contribution is -0.121. The second-order valence-electron chi connectivity index (χ2n) is 5.23. The molecule has 4 nitrogen and oxygen atoms in total. The second-order valence-corrected chi connectivity index (χ2v) is 5.86. The van der Waals surface area contributed by atoms with Gasteiger partial charge in [0.05, 0.1) is 0 Å². The summed E-state index contributed by atoms with van der Waals surface area (Å²) in [5.74, 6) is 1.01. The van der Waals surface area contributed by atoms with Gasteiger partial charge < -0.3 is 5.32 Å². The largest absolute Gasteiger partial charge is 0.326 e. The number of nitrogens with zero attached hydrogens (tertiary/aromatic N) is 1. The predicted octanol–water partition coefficient (Wildman–Crippen LogP) is 3.15. The van der Waals surface area contributed by atoms with Gasteiger partial charge in [0.25, 0.3) is 0 Å². The van der Waals surface area contributed by atoms with Crippen LogP contribution in [-0.2, 0) is 4.79 Å². The van der Waals surface area contributed by atoms with Gasteiger partial charge in [-0.3, -0.25) is 13.3 Å². The number of carbonyl (C=O) groups excluding carboxylic acids is 1. The van der Waals surface area contributed by atoms with E-state index in [0.29, 0.717) is 12.0 Å². The fourth-order valence-electron chi connectivity index (χ4n) is 2.65. The van der Waals surface area contributed by atoms with Gasteiger partial charge in [-0.1, -0.05) is 0 Å². The number of hydrogen-bond acceptors (Lipinski definition) is 3. The lowest BCUT2D eigenvalue weighted by atomic mass is 9.79. The van der Waals surface area contributed by atoms with Gasteiger partial charge in [-0.2, -0.15) is 0 Å². The zero-order valence-electron chi connectivity index (χ0n) is 11.1. The molecule has 0 aliphatic heterocycles. The molecule has 0 unspecified atom stereocenters. The van der Waals surface area contributed by atoms with Crippen molar-refractivity contribution in [3.05, 3.63) is 24.5 Å². The quantitative estimate of drug-likeness (QED) is 0.630. The molecule has 1 aromatic heterocycles. The summed E-state index contributed by atoms with van der Waals surface area (Å²) in [7, 11) is 0. The minimum atomic E-state index is 0.153. The first-order valence-corrected chi connectivity index (χ1v) is 7.85. The van der Waals surface area contributed by atoms with E-state index in [0.717, 1.165) is 31.4 Å². The summed E-state index contributed by atoms with van der Waals surface area (Å²) in [6.07, 6.45) is 7.63. The molecule has 1 atom stereocenters. The fourth-order valence-corrected chi connectivity index (χ4v) is 3.16. The average Bonchev–Trinajstić information content (AvgIpc) is 2.47. The SMILES string of the molecule is C[C@@H](NI)C1CCC(C(=O)Nc2ccncc2)CC1. The van der Waals surface area contributed by atoms with Gasteiger partial charge in [0.2, 0.25) is 5.91 Å². The van der Waals surface area contributed by atoms with E-state index in [1.165, 1.54) is 0 Å². The summed E-state index contributed by atoms with van der Waals surface area (Å²) < 4.78 is 3.28. The van der Waals surface area contributed by atoms with Crippen LogP contribution in [0.15, 0.2) is 24.5 Å². The van der Waals surface area contributed by atoms with Crippen molar-refractivity contribution in [3.8, 4) is 0 Å². The van der Waals surface area contributed by atoms with Gasteiger partial charge in [-0.05, 0) is 50.7 Å². The average molecular weight is 373 g/mol. The van der Waals surface area contributed by atoms with Crippen molar-refractivity contribution in [2.75, 3.05) is 5.32 Å². The smallest absolute Gasteiger partial charge is 0.227 e. The zero-order valence-corrected chi connectivity index (χ0v) is 13.3. The molecule has 2 rings (SSSR count). The van der Waals surface area contributed by atoms with Crippen LogP contribution in [0.1, 0.15) is 32.6 Å². The molecule has 2 N–H and O–H groups in total. The van der Waals surface area contributed by atoms with Gasteiger partial charge in [0.1, 0.15) is 0 Å². The van der Waals surface area contributed by atoms with E-state index in [1.807, 2.05) is 12.1 Å². The molecule has 0 bridgehead atoms. The third-order valence-corrected chi connectivity index (χ3v) is 4.95. The molecule has 1 saturated carbocycles. The van der Waals surface area contributed by atoms with Crippen LogP contribution in [-0.4, -0.2) is 16.9 Å². The van der Waals surface area contributed by atoms with Crippen molar-refractivity contribution in [3.63, 3.8) is 0 Å². The number of pyridine rings is 1. The first-order chi connectivity index (χ1) is 9.20. The van der Waals surface area contributed by atoms with E-state index in [1.54, 1.807) is 12.4 Å². The second kappa shape index (κ2) is 7.19. The van der Waals surface area contributed by atoms with Gasteiger partial charge in [0, 0.05) is 52.9 Å². The molecule has 1 heterocycles. The number of aromatic nitrogens is 1. The molecular weight excluding hydrogens is 353 g/mol. The van der Waals surface area contributed by atoms with Crippen LogP contribution >= 0.6 is 22.9 Å². The number of amides is 1. The summed E-state index contributed by atoms with van der Waals surface area (Å²) >= 11 is 2.21. The summed E-state index contributed by atoms with van der Waals surface area (Å²) in [5.41, 5.74) is 0.837. The first-order valence-electron chi connectivity index (χ1n) is 6.77. The number of nitrogens with one attached hydrogen (secondary N) is 2. The van der Waals surface area contributed by atoms with E-state index in [2.05, 4.69) is 43.6 Å². The fraction of sp³-hybridized carbons (Fsp3) is 0.571. The molecule has 1 aliphatic rings. The van der Waals surface area contributed by atoms with E-state index in [-0.39, 0.29) is 11.8 Å². The number of anilines is 1. The van der Waals surface area contributed by atoms with Crippen molar-refractivity contribution >= 4 is 34.5 Å². The van der Waals surface area contributed by atoms with Crippen molar-refractivity contribution in [1.29, 1.82) is 0 Å². The van der Waals surface area contributed by atoms with Crippen LogP contribution in [0.25, 0.3) is 0 Å². The maximum absolute atomic E-state index is 12.2. The van der Waals surface area contributed by atoms with Gasteiger partial charge in [-0.25, -0.2) is 0 Å². The van der Waals surface area contributed by atoms with E-state index >= 15 is 0 Å².